The normalized spacial score (nSPS) is 10.8. The summed E-state index contributed by atoms with van der Waals surface area (Å²) in [6, 6.07) is 12.4. The molecule has 102 valence electrons. The highest BCUT2D eigenvalue weighted by molar-refractivity contribution is 6.02. The van der Waals surface area contributed by atoms with Gasteiger partial charge < -0.3 is 5.32 Å². The topological polar surface area (TPSA) is 29.1 Å². The van der Waals surface area contributed by atoms with E-state index in [9.17, 15) is 9.18 Å². The Morgan fingerprint density at radius 1 is 1.05 bits per heavy atom. The molecule has 0 spiro atoms. The number of halogens is 1. The Balaban J connectivity index is 2.05. The predicted octanol–water partition coefficient (Wildman–Crippen LogP) is 4.09. The lowest BCUT2D eigenvalue weighted by atomic mass is 10.1. The summed E-state index contributed by atoms with van der Waals surface area (Å²) in [6.07, 6.45) is 3.09. The maximum Gasteiger partial charge on any atom is 0.248 e. The number of nitrogens with one attached hydrogen (secondary N) is 1. The van der Waals surface area contributed by atoms with E-state index >= 15 is 0 Å². The lowest BCUT2D eigenvalue weighted by Crippen LogP contribution is -2.09. The second-order valence-corrected chi connectivity index (χ2v) is 4.72. The highest BCUT2D eigenvalue weighted by atomic mass is 19.1. The van der Waals surface area contributed by atoms with Gasteiger partial charge in [0.2, 0.25) is 5.91 Å². The second-order valence-electron chi connectivity index (χ2n) is 4.72. The van der Waals surface area contributed by atoms with Crippen LogP contribution in [0.4, 0.5) is 10.1 Å². The standard InChI is InChI=1S/C17H16FNO/c1-12-3-6-14(7-4-12)8-10-17(20)19-16-11-13(2)5-9-15(16)18/h3-11H,1-2H3,(H,19,20)/b10-8+. The number of aryl methyl sites for hydroxylation is 2. The summed E-state index contributed by atoms with van der Waals surface area (Å²) in [5.74, 6) is -0.789. The monoisotopic (exact) mass is 269 g/mol. The maximum atomic E-state index is 13.5. The van der Waals surface area contributed by atoms with Crippen molar-refractivity contribution in [1.82, 2.24) is 0 Å². The molecule has 0 unspecified atom stereocenters. The van der Waals surface area contributed by atoms with Crippen molar-refractivity contribution in [3.63, 3.8) is 0 Å². The van der Waals surface area contributed by atoms with Crippen molar-refractivity contribution in [1.29, 1.82) is 0 Å². The minimum atomic E-state index is -0.437. The van der Waals surface area contributed by atoms with Gasteiger partial charge >= 0.3 is 0 Å². The quantitative estimate of drug-likeness (QED) is 0.835. The first-order valence-electron chi connectivity index (χ1n) is 6.36. The summed E-state index contributed by atoms with van der Waals surface area (Å²) in [5, 5.41) is 2.53. The van der Waals surface area contributed by atoms with E-state index < -0.39 is 5.82 Å². The molecule has 2 aromatic carbocycles. The Hall–Kier alpha value is -2.42. The van der Waals surface area contributed by atoms with E-state index in [1.807, 2.05) is 38.1 Å². The highest BCUT2D eigenvalue weighted by Crippen LogP contribution is 2.15. The number of anilines is 1. The van der Waals surface area contributed by atoms with Crippen LogP contribution in [0.3, 0.4) is 0 Å². The highest BCUT2D eigenvalue weighted by Gasteiger charge is 2.04. The maximum absolute atomic E-state index is 13.5. The van der Waals surface area contributed by atoms with Gasteiger partial charge in [-0.15, -0.1) is 0 Å². The zero-order valence-electron chi connectivity index (χ0n) is 11.5. The number of carbonyl (C=O) groups is 1. The van der Waals surface area contributed by atoms with Gasteiger partial charge in [0.1, 0.15) is 5.82 Å². The molecule has 0 aliphatic heterocycles. The van der Waals surface area contributed by atoms with Crippen LogP contribution in [0, 0.1) is 19.7 Å². The molecule has 2 nitrogen and oxygen atoms in total. The molecule has 0 aliphatic carbocycles. The van der Waals surface area contributed by atoms with Crippen LogP contribution in [0.25, 0.3) is 6.08 Å². The molecule has 0 saturated carbocycles. The molecule has 3 heteroatoms. The molecule has 0 bridgehead atoms. The smallest absolute Gasteiger partial charge is 0.248 e. The van der Waals surface area contributed by atoms with Gasteiger partial charge in [0.05, 0.1) is 5.69 Å². The van der Waals surface area contributed by atoms with Crippen molar-refractivity contribution in [3.05, 3.63) is 71.0 Å². The average Bonchev–Trinajstić information content (AvgIpc) is 2.42. The lowest BCUT2D eigenvalue weighted by molar-refractivity contribution is -0.111. The summed E-state index contributed by atoms with van der Waals surface area (Å²) in [7, 11) is 0. The predicted molar refractivity (Wildman–Crippen MR) is 80.0 cm³/mol. The van der Waals surface area contributed by atoms with E-state index in [2.05, 4.69) is 5.32 Å². The fourth-order valence-corrected chi connectivity index (χ4v) is 1.76. The third kappa shape index (κ3) is 3.79. The number of rotatable bonds is 3. The Labute approximate surface area is 118 Å². The van der Waals surface area contributed by atoms with Crippen LogP contribution >= 0.6 is 0 Å². The molecular weight excluding hydrogens is 253 g/mol. The number of amides is 1. The molecule has 0 atom stereocenters. The first-order chi connectivity index (χ1) is 9.54. The van der Waals surface area contributed by atoms with Crippen LogP contribution in [0.2, 0.25) is 0 Å². The van der Waals surface area contributed by atoms with Gasteiger partial charge in [-0.05, 0) is 43.2 Å². The van der Waals surface area contributed by atoms with E-state index in [0.717, 1.165) is 16.7 Å². The SMILES string of the molecule is Cc1ccc(/C=C/C(=O)Nc2cc(C)ccc2F)cc1. The van der Waals surface area contributed by atoms with Crippen LogP contribution in [0.1, 0.15) is 16.7 Å². The summed E-state index contributed by atoms with van der Waals surface area (Å²) >= 11 is 0. The fourth-order valence-electron chi connectivity index (χ4n) is 1.76. The lowest BCUT2D eigenvalue weighted by Gasteiger charge is -2.04. The van der Waals surface area contributed by atoms with Gasteiger partial charge in [0.15, 0.2) is 0 Å². The van der Waals surface area contributed by atoms with E-state index in [1.165, 1.54) is 12.1 Å². The van der Waals surface area contributed by atoms with Gasteiger partial charge in [0, 0.05) is 6.08 Å². The molecule has 1 N–H and O–H groups in total. The Bertz CT molecular complexity index is 645. The van der Waals surface area contributed by atoms with Gasteiger partial charge in [-0.3, -0.25) is 4.79 Å². The van der Waals surface area contributed by atoms with Gasteiger partial charge in [-0.25, -0.2) is 4.39 Å². The average molecular weight is 269 g/mol. The molecule has 1 amide bonds. The van der Waals surface area contributed by atoms with Crippen LogP contribution in [0.15, 0.2) is 48.5 Å². The Morgan fingerprint density at radius 2 is 1.70 bits per heavy atom. The Morgan fingerprint density at radius 3 is 2.40 bits per heavy atom. The number of hydrogen-bond acceptors (Lipinski definition) is 1. The van der Waals surface area contributed by atoms with Crippen molar-refractivity contribution < 1.29 is 9.18 Å². The van der Waals surface area contributed by atoms with Gasteiger partial charge in [-0.1, -0.05) is 35.9 Å². The number of hydrogen-bond donors (Lipinski definition) is 1. The first-order valence-corrected chi connectivity index (χ1v) is 6.36. The van der Waals surface area contributed by atoms with Crippen molar-refractivity contribution >= 4 is 17.7 Å². The summed E-state index contributed by atoms with van der Waals surface area (Å²) in [4.78, 5) is 11.8. The minimum Gasteiger partial charge on any atom is -0.320 e. The molecule has 0 fully saturated rings. The largest absolute Gasteiger partial charge is 0.320 e. The van der Waals surface area contributed by atoms with E-state index in [1.54, 1.807) is 18.2 Å². The zero-order chi connectivity index (χ0) is 14.5. The van der Waals surface area contributed by atoms with Crippen molar-refractivity contribution in [3.8, 4) is 0 Å². The van der Waals surface area contributed by atoms with Crippen LogP contribution < -0.4 is 5.32 Å². The third-order valence-corrected chi connectivity index (χ3v) is 2.88. The van der Waals surface area contributed by atoms with Crippen LogP contribution in [0.5, 0.6) is 0 Å². The van der Waals surface area contributed by atoms with Crippen LogP contribution in [-0.2, 0) is 4.79 Å². The Kier molecular flexibility index (Phi) is 4.31. The van der Waals surface area contributed by atoms with Crippen molar-refractivity contribution in [2.45, 2.75) is 13.8 Å². The summed E-state index contributed by atoms with van der Waals surface area (Å²) in [5.41, 5.74) is 3.18. The molecule has 0 radical (unpaired) electrons. The van der Waals surface area contributed by atoms with Crippen molar-refractivity contribution in [2.24, 2.45) is 0 Å². The first kappa shape index (κ1) is 14.0. The number of benzene rings is 2. The molecule has 0 aromatic heterocycles. The van der Waals surface area contributed by atoms with Gasteiger partial charge in [-0.2, -0.15) is 0 Å². The second kappa shape index (κ2) is 6.15. The number of carbonyl (C=O) groups excluding carboxylic acids is 1. The van der Waals surface area contributed by atoms with Crippen LogP contribution in [-0.4, -0.2) is 5.91 Å². The van der Waals surface area contributed by atoms with E-state index in [4.69, 9.17) is 0 Å². The van der Waals surface area contributed by atoms with Gasteiger partial charge in [0.25, 0.3) is 0 Å². The van der Waals surface area contributed by atoms with E-state index in [-0.39, 0.29) is 11.6 Å². The molecule has 0 saturated heterocycles. The minimum absolute atomic E-state index is 0.198. The zero-order valence-corrected chi connectivity index (χ0v) is 11.5. The molecule has 2 aromatic rings. The molecule has 0 aliphatic rings. The van der Waals surface area contributed by atoms with E-state index in [0.29, 0.717) is 0 Å². The summed E-state index contributed by atoms with van der Waals surface area (Å²) in [6.45, 7) is 3.85. The molecule has 20 heavy (non-hydrogen) atoms. The molecular formula is C17H16FNO. The fraction of sp³-hybridized carbons (Fsp3) is 0.118. The summed E-state index contributed by atoms with van der Waals surface area (Å²) < 4.78 is 13.5. The third-order valence-electron chi connectivity index (χ3n) is 2.88. The van der Waals surface area contributed by atoms with Crippen molar-refractivity contribution in [2.75, 3.05) is 5.32 Å². The molecule has 2 rings (SSSR count). The molecule has 0 heterocycles.